The van der Waals surface area contributed by atoms with Crippen LogP contribution in [0.15, 0.2) is 30.5 Å². The molecule has 0 amide bonds. The third-order valence-electron chi connectivity index (χ3n) is 2.78. The number of aryl methyl sites for hydroxylation is 1. The second kappa shape index (κ2) is 5.31. The van der Waals surface area contributed by atoms with Gasteiger partial charge in [0.05, 0.1) is 23.1 Å². The molecule has 0 spiro atoms. The molecule has 2 rings (SSSR count). The summed E-state index contributed by atoms with van der Waals surface area (Å²) in [6.07, 6.45) is 2.07. The Balaban J connectivity index is 2.23. The first-order chi connectivity index (χ1) is 9.13. The zero-order valence-corrected chi connectivity index (χ0v) is 10.4. The van der Waals surface area contributed by atoms with E-state index in [0.29, 0.717) is 24.2 Å². The Morgan fingerprint density at radius 3 is 2.58 bits per heavy atom. The number of hydrogen-bond acceptors (Lipinski definition) is 3. The van der Waals surface area contributed by atoms with Gasteiger partial charge in [-0.15, -0.1) is 0 Å². The maximum absolute atomic E-state index is 11.0. The van der Waals surface area contributed by atoms with Crippen LogP contribution in [-0.4, -0.2) is 19.9 Å². The van der Waals surface area contributed by atoms with Gasteiger partial charge in [-0.3, -0.25) is 4.68 Å². The molecule has 0 radical (unpaired) electrons. The van der Waals surface area contributed by atoms with Crippen molar-refractivity contribution in [3.63, 3.8) is 0 Å². The van der Waals surface area contributed by atoms with Crippen LogP contribution in [0.2, 0.25) is 0 Å². The van der Waals surface area contributed by atoms with Crippen LogP contribution < -0.4 is 0 Å². The molecular weight excluding hydrogens is 244 g/mol. The summed E-state index contributed by atoms with van der Waals surface area (Å²) in [5.74, 6) is 0. The maximum atomic E-state index is 11.0. The number of aromatic nitrogens is 2. The highest BCUT2D eigenvalue weighted by Gasteiger charge is 2.22. The summed E-state index contributed by atoms with van der Waals surface area (Å²) in [4.78, 5) is 10.8. The van der Waals surface area contributed by atoms with Crippen molar-refractivity contribution in [3.8, 4) is 6.07 Å². The molecule has 2 aromatic rings. The molecule has 6 heteroatoms. The number of benzene rings is 1. The summed E-state index contributed by atoms with van der Waals surface area (Å²) >= 11 is 0. The lowest BCUT2D eigenvalue weighted by Crippen LogP contribution is -2.00. The minimum atomic E-state index is -0.166. The number of hydrogen-bond donors (Lipinski definition) is 1. The van der Waals surface area contributed by atoms with E-state index in [4.69, 9.17) is 10.5 Å². The Labute approximate surface area is 110 Å². The quantitative estimate of drug-likeness (QED) is 0.851. The minimum Gasteiger partial charge on any atom is -0.261 e. The highest BCUT2D eigenvalue weighted by molar-refractivity contribution is 5.34. The molecule has 1 N–H and O–H groups in total. The molecule has 19 heavy (non-hydrogen) atoms. The maximum Gasteiger partial charge on any atom is 0.357 e. The first-order valence-corrected chi connectivity index (χ1v) is 5.85. The average Bonchev–Trinajstić information content (AvgIpc) is 2.83. The van der Waals surface area contributed by atoms with E-state index in [-0.39, 0.29) is 10.6 Å². The van der Waals surface area contributed by atoms with Gasteiger partial charge in [0, 0.05) is 0 Å². The van der Waals surface area contributed by atoms with Gasteiger partial charge >= 0.3 is 5.69 Å². The molecule has 96 valence electrons. The smallest absolute Gasteiger partial charge is 0.261 e. The SMILES string of the molecule is CCc1nn(Cc2ccc(C#N)cc2)cc1[N+](=O)O. The fourth-order valence-electron chi connectivity index (χ4n) is 1.82. The van der Waals surface area contributed by atoms with Gasteiger partial charge in [-0.05, 0) is 24.1 Å². The zero-order valence-electron chi connectivity index (χ0n) is 10.4. The number of rotatable bonds is 4. The molecule has 0 bridgehead atoms. The van der Waals surface area contributed by atoms with Crippen LogP contribution in [0.3, 0.4) is 0 Å². The predicted octanol–water partition coefficient (Wildman–Crippen LogP) is 2.17. The van der Waals surface area contributed by atoms with Crippen molar-refractivity contribution in [2.75, 3.05) is 0 Å². The monoisotopic (exact) mass is 257 g/mol. The van der Waals surface area contributed by atoms with Gasteiger partial charge in [0.1, 0.15) is 11.9 Å². The van der Waals surface area contributed by atoms with Gasteiger partial charge in [0.2, 0.25) is 0 Å². The highest BCUT2D eigenvalue weighted by atomic mass is 16.6. The Morgan fingerprint density at radius 2 is 2.11 bits per heavy atom. The summed E-state index contributed by atoms with van der Waals surface area (Å²) in [6, 6.07) is 9.17. The van der Waals surface area contributed by atoms with E-state index in [1.807, 2.05) is 19.1 Å². The molecule has 1 heterocycles. The molecule has 0 aliphatic heterocycles. The third-order valence-corrected chi connectivity index (χ3v) is 2.78. The van der Waals surface area contributed by atoms with Gasteiger partial charge in [0.25, 0.3) is 4.92 Å². The normalized spacial score (nSPS) is 10.1. The molecule has 1 aromatic heterocycles. The van der Waals surface area contributed by atoms with Crippen molar-refractivity contribution in [2.45, 2.75) is 19.9 Å². The Hall–Kier alpha value is -2.68. The predicted molar refractivity (Wildman–Crippen MR) is 66.9 cm³/mol. The van der Waals surface area contributed by atoms with Gasteiger partial charge in [-0.2, -0.15) is 10.4 Å². The first-order valence-electron chi connectivity index (χ1n) is 5.85. The first kappa shape index (κ1) is 12.8. The number of nitrogens with zero attached hydrogens (tertiary/aromatic N) is 4. The van der Waals surface area contributed by atoms with Crippen LogP contribution in [0.4, 0.5) is 5.69 Å². The van der Waals surface area contributed by atoms with E-state index in [1.165, 1.54) is 6.20 Å². The van der Waals surface area contributed by atoms with Gasteiger partial charge in [-0.1, -0.05) is 19.1 Å². The van der Waals surface area contributed by atoms with E-state index in [0.717, 1.165) is 5.56 Å². The van der Waals surface area contributed by atoms with E-state index in [2.05, 4.69) is 11.2 Å². The van der Waals surface area contributed by atoms with Crippen molar-refractivity contribution in [3.05, 3.63) is 52.2 Å². The van der Waals surface area contributed by atoms with Crippen molar-refractivity contribution in [1.29, 1.82) is 5.26 Å². The fourth-order valence-corrected chi connectivity index (χ4v) is 1.82. The Morgan fingerprint density at radius 1 is 1.42 bits per heavy atom. The van der Waals surface area contributed by atoms with E-state index in [9.17, 15) is 4.91 Å². The lowest BCUT2D eigenvalue weighted by Gasteiger charge is -2.00. The summed E-state index contributed by atoms with van der Waals surface area (Å²) in [6.45, 7) is 2.34. The Kier molecular flexibility index (Phi) is 3.57. The van der Waals surface area contributed by atoms with Crippen molar-refractivity contribution < 1.29 is 10.1 Å². The van der Waals surface area contributed by atoms with Crippen molar-refractivity contribution >= 4 is 5.69 Å². The molecule has 0 aliphatic rings. The van der Waals surface area contributed by atoms with Crippen LogP contribution in [0, 0.1) is 16.2 Å². The summed E-state index contributed by atoms with van der Waals surface area (Å²) < 4.78 is 1.59. The van der Waals surface area contributed by atoms with Crippen LogP contribution >= 0.6 is 0 Å². The van der Waals surface area contributed by atoms with E-state index in [1.54, 1.807) is 16.8 Å². The Bertz CT molecular complexity index is 638. The lowest BCUT2D eigenvalue weighted by molar-refractivity contribution is -0.730. The second-order valence-corrected chi connectivity index (χ2v) is 4.09. The summed E-state index contributed by atoms with van der Waals surface area (Å²) in [5.41, 5.74) is 2.27. The summed E-state index contributed by atoms with van der Waals surface area (Å²) in [7, 11) is 0. The molecular formula is C13H13N4O2+. The van der Waals surface area contributed by atoms with Gasteiger partial charge < -0.3 is 0 Å². The van der Waals surface area contributed by atoms with Crippen LogP contribution in [0.25, 0.3) is 0 Å². The average molecular weight is 257 g/mol. The van der Waals surface area contributed by atoms with E-state index < -0.39 is 0 Å². The minimum absolute atomic E-state index is 0.163. The molecule has 0 fully saturated rings. The third kappa shape index (κ3) is 2.77. The summed E-state index contributed by atoms with van der Waals surface area (Å²) in [5, 5.41) is 21.9. The van der Waals surface area contributed by atoms with E-state index >= 15 is 0 Å². The van der Waals surface area contributed by atoms with Crippen molar-refractivity contribution in [1.82, 2.24) is 9.78 Å². The standard InChI is InChI=1S/C13H13N4O2/c1-2-12-13(17(18)19)9-16(15-12)8-11-5-3-10(7-14)4-6-11/h3-6,9H,2,8H2,1H3,(H,18,19)/q+1. The molecule has 0 aliphatic carbocycles. The molecule has 0 unspecified atom stereocenters. The molecule has 0 saturated carbocycles. The van der Waals surface area contributed by atoms with Gasteiger partial charge in [-0.25, -0.2) is 5.21 Å². The van der Waals surface area contributed by atoms with Crippen molar-refractivity contribution in [2.24, 2.45) is 0 Å². The largest absolute Gasteiger partial charge is 0.357 e. The van der Waals surface area contributed by atoms with Crippen LogP contribution in [0.5, 0.6) is 0 Å². The molecule has 1 aromatic carbocycles. The second-order valence-electron chi connectivity index (χ2n) is 4.09. The van der Waals surface area contributed by atoms with Gasteiger partial charge in [0.15, 0.2) is 0 Å². The fraction of sp³-hybridized carbons (Fsp3) is 0.231. The highest BCUT2D eigenvalue weighted by Crippen LogP contribution is 2.17. The topological polar surface area (TPSA) is 81.9 Å². The lowest BCUT2D eigenvalue weighted by atomic mass is 10.1. The molecule has 6 nitrogen and oxygen atoms in total. The zero-order chi connectivity index (χ0) is 13.8. The molecule has 0 saturated heterocycles. The van der Waals surface area contributed by atoms with Crippen LogP contribution in [-0.2, 0) is 13.0 Å². The number of nitriles is 1. The molecule has 0 atom stereocenters. The van der Waals surface area contributed by atoms with Crippen LogP contribution in [0.1, 0.15) is 23.7 Å².